The number of rotatable bonds is 11. The van der Waals surface area contributed by atoms with Crippen molar-refractivity contribution in [3.8, 4) is 28.3 Å². The average Bonchev–Trinajstić information content (AvgIpc) is 3.25. The smallest absolute Gasteiger partial charge is 0.320 e. The van der Waals surface area contributed by atoms with Crippen LogP contribution in [-0.4, -0.2) is 30.2 Å². The number of nitrogens with one attached hydrogen (secondary N) is 1. The summed E-state index contributed by atoms with van der Waals surface area (Å²) in [5.74, 6) is 1.93. The van der Waals surface area contributed by atoms with Gasteiger partial charge in [-0.05, 0) is 61.7 Å². The average molecular weight is 485 g/mol. The van der Waals surface area contributed by atoms with Crippen molar-refractivity contribution in [2.45, 2.75) is 39.8 Å². The molecule has 4 aromatic rings. The first kappa shape index (κ1) is 25.2. The van der Waals surface area contributed by atoms with Gasteiger partial charge in [-0.2, -0.15) is 0 Å². The van der Waals surface area contributed by atoms with Gasteiger partial charge < -0.3 is 19.2 Å². The number of nitrogens with zero attached hydrogens (tertiary/aromatic N) is 1. The molecule has 0 saturated carbocycles. The molecule has 0 fully saturated rings. The molecule has 0 unspecified atom stereocenters. The van der Waals surface area contributed by atoms with E-state index in [0.717, 1.165) is 39.5 Å². The molecule has 0 radical (unpaired) electrons. The summed E-state index contributed by atoms with van der Waals surface area (Å²) < 4.78 is 17.1. The van der Waals surface area contributed by atoms with E-state index in [4.69, 9.17) is 18.9 Å². The van der Waals surface area contributed by atoms with Crippen molar-refractivity contribution < 1.29 is 18.7 Å². The molecule has 3 aromatic carbocycles. The van der Waals surface area contributed by atoms with E-state index in [-0.39, 0.29) is 18.6 Å². The zero-order chi connectivity index (χ0) is 25.3. The normalized spacial score (nSPS) is 11.0. The summed E-state index contributed by atoms with van der Waals surface area (Å²) in [5.41, 5.74) is 5.15. The van der Waals surface area contributed by atoms with Crippen LogP contribution in [0.2, 0.25) is 0 Å². The minimum atomic E-state index is -0.258. The Morgan fingerprint density at radius 3 is 2.50 bits per heavy atom. The van der Waals surface area contributed by atoms with E-state index in [1.165, 1.54) is 0 Å². The number of hydrogen-bond acceptors (Lipinski definition) is 6. The third-order valence-corrected chi connectivity index (χ3v) is 5.58. The van der Waals surface area contributed by atoms with E-state index >= 15 is 0 Å². The van der Waals surface area contributed by atoms with E-state index in [1.807, 2.05) is 75.4 Å². The third-order valence-electron chi connectivity index (χ3n) is 5.58. The molecular weight excluding hydrogens is 452 g/mol. The van der Waals surface area contributed by atoms with Gasteiger partial charge in [0, 0.05) is 18.5 Å². The lowest BCUT2D eigenvalue weighted by atomic mass is 10.0. The quantitative estimate of drug-likeness (QED) is 0.264. The van der Waals surface area contributed by atoms with Gasteiger partial charge in [0.05, 0.1) is 24.9 Å². The van der Waals surface area contributed by atoms with Crippen molar-refractivity contribution in [1.29, 1.82) is 0 Å². The van der Waals surface area contributed by atoms with Crippen LogP contribution >= 0.6 is 0 Å². The van der Waals surface area contributed by atoms with Crippen LogP contribution < -0.4 is 10.1 Å². The lowest BCUT2D eigenvalue weighted by Crippen LogP contribution is -2.26. The number of aryl methyl sites for hydroxylation is 1. The number of ether oxygens (including phenoxy) is 2. The van der Waals surface area contributed by atoms with Gasteiger partial charge >= 0.3 is 5.97 Å². The van der Waals surface area contributed by atoms with E-state index in [2.05, 4.69) is 29.6 Å². The fourth-order valence-corrected chi connectivity index (χ4v) is 3.87. The second kappa shape index (κ2) is 12.2. The maximum absolute atomic E-state index is 11.7. The molecule has 0 bridgehead atoms. The SMILES string of the molecule is Cc1oc(-c2cccc(-c3ccccc3)c2)nc1CCOc1cccc(CNCC(=O)OC(C)C)c1. The van der Waals surface area contributed by atoms with Crippen molar-refractivity contribution in [1.82, 2.24) is 10.3 Å². The zero-order valence-electron chi connectivity index (χ0n) is 21.0. The number of oxazole rings is 1. The number of benzene rings is 3. The highest BCUT2D eigenvalue weighted by Gasteiger charge is 2.13. The number of hydrogen-bond donors (Lipinski definition) is 1. The minimum absolute atomic E-state index is 0.111. The van der Waals surface area contributed by atoms with Gasteiger partial charge in [0.2, 0.25) is 5.89 Å². The van der Waals surface area contributed by atoms with Crippen molar-refractivity contribution in [3.05, 3.63) is 95.9 Å². The fourth-order valence-electron chi connectivity index (χ4n) is 3.87. The van der Waals surface area contributed by atoms with Gasteiger partial charge in [0.25, 0.3) is 0 Å². The van der Waals surface area contributed by atoms with Crippen molar-refractivity contribution in [3.63, 3.8) is 0 Å². The molecule has 0 amide bonds. The maximum Gasteiger partial charge on any atom is 0.320 e. The molecule has 0 aliphatic carbocycles. The number of carbonyl (C=O) groups excluding carboxylic acids is 1. The Balaban J connectivity index is 1.32. The van der Waals surface area contributed by atoms with Gasteiger partial charge in [-0.15, -0.1) is 0 Å². The molecule has 186 valence electrons. The summed E-state index contributed by atoms with van der Waals surface area (Å²) in [4.78, 5) is 16.4. The second-order valence-corrected chi connectivity index (χ2v) is 8.86. The van der Waals surface area contributed by atoms with Gasteiger partial charge in [0.15, 0.2) is 0 Å². The lowest BCUT2D eigenvalue weighted by molar-refractivity contribution is -0.146. The van der Waals surface area contributed by atoms with Crippen LogP contribution in [0.25, 0.3) is 22.6 Å². The Hall–Kier alpha value is -3.90. The Labute approximate surface area is 212 Å². The molecule has 4 rings (SSSR count). The summed E-state index contributed by atoms with van der Waals surface area (Å²) in [6.45, 7) is 6.81. The van der Waals surface area contributed by atoms with Crippen LogP contribution in [0.1, 0.15) is 30.9 Å². The van der Waals surface area contributed by atoms with Crippen LogP contribution in [0.5, 0.6) is 5.75 Å². The topological polar surface area (TPSA) is 73.6 Å². The first-order valence-corrected chi connectivity index (χ1v) is 12.2. The maximum atomic E-state index is 11.7. The highest BCUT2D eigenvalue weighted by atomic mass is 16.5. The summed E-state index contributed by atoms with van der Waals surface area (Å²) in [7, 11) is 0. The summed E-state index contributed by atoms with van der Waals surface area (Å²) >= 11 is 0. The van der Waals surface area contributed by atoms with Crippen molar-refractivity contribution in [2.24, 2.45) is 0 Å². The number of aromatic nitrogens is 1. The monoisotopic (exact) mass is 484 g/mol. The van der Waals surface area contributed by atoms with Gasteiger partial charge in [-0.25, -0.2) is 4.98 Å². The van der Waals surface area contributed by atoms with E-state index in [9.17, 15) is 4.79 Å². The minimum Gasteiger partial charge on any atom is -0.493 e. The summed E-state index contributed by atoms with van der Waals surface area (Å²) in [5, 5.41) is 3.10. The molecule has 1 aromatic heterocycles. The van der Waals surface area contributed by atoms with Gasteiger partial charge in [-0.3, -0.25) is 4.79 Å². The standard InChI is InChI=1S/C30H32N2O4/c1-21(2)35-29(33)20-31-19-23-9-7-14-27(17-23)34-16-15-28-22(3)36-30(32-28)26-13-8-12-25(18-26)24-10-5-4-6-11-24/h4-14,17-18,21,31H,15-16,19-20H2,1-3H3. The van der Waals surface area contributed by atoms with Gasteiger partial charge in [-0.1, -0.05) is 54.6 Å². The molecule has 36 heavy (non-hydrogen) atoms. The third kappa shape index (κ3) is 7.06. The molecule has 0 aliphatic rings. The number of esters is 1. The molecule has 0 saturated heterocycles. The van der Waals surface area contributed by atoms with Crippen LogP contribution in [0.15, 0.2) is 83.3 Å². The van der Waals surface area contributed by atoms with Crippen molar-refractivity contribution in [2.75, 3.05) is 13.2 Å². The summed E-state index contributed by atoms with van der Waals surface area (Å²) in [6, 6.07) is 26.3. The lowest BCUT2D eigenvalue weighted by Gasteiger charge is -2.10. The molecule has 6 heteroatoms. The van der Waals surface area contributed by atoms with Crippen LogP contribution in [0.4, 0.5) is 0 Å². The summed E-state index contributed by atoms with van der Waals surface area (Å²) in [6.07, 6.45) is 0.525. The zero-order valence-corrected chi connectivity index (χ0v) is 21.0. The Bertz CT molecular complexity index is 1280. The predicted octanol–water partition coefficient (Wildman–Crippen LogP) is 5.98. The Kier molecular flexibility index (Phi) is 8.53. The van der Waals surface area contributed by atoms with Crippen LogP contribution in [0.3, 0.4) is 0 Å². The molecule has 0 atom stereocenters. The molecular formula is C30H32N2O4. The van der Waals surface area contributed by atoms with Crippen LogP contribution in [0, 0.1) is 6.92 Å². The molecule has 1 heterocycles. The van der Waals surface area contributed by atoms with E-state index < -0.39 is 0 Å². The van der Waals surface area contributed by atoms with E-state index in [0.29, 0.717) is 25.5 Å². The largest absolute Gasteiger partial charge is 0.493 e. The predicted molar refractivity (Wildman–Crippen MR) is 141 cm³/mol. The fraction of sp³-hybridized carbons (Fsp3) is 0.267. The van der Waals surface area contributed by atoms with Gasteiger partial charge in [0.1, 0.15) is 11.5 Å². The molecule has 1 N–H and O–H groups in total. The molecule has 0 aliphatic heterocycles. The molecule has 0 spiro atoms. The Morgan fingerprint density at radius 1 is 0.944 bits per heavy atom. The Morgan fingerprint density at radius 2 is 1.69 bits per heavy atom. The van der Waals surface area contributed by atoms with Crippen LogP contribution in [-0.2, 0) is 22.5 Å². The molecule has 6 nitrogen and oxygen atoms in total. The first-order chi connectivity index (χ1) is 17.5. The number of carbonyl (C=O) groups is 1. The van der Waals surface area contributed by atoms with Crippen molar-refractivity contribution >= 4 is 5.97 Å². The highest BCUT2D eigenvalue weighted by molar-refractivity contribution is 5.71. The second-order valence-electron chi connectivity index (χ2n) is 8.86. The first-order valence-electron chi connectivity index (χ1n) is 12.2. The highest BCUT2D eigenvalue weighted by Crippen LogP contribution is 2.27. The van der Waals surface area contributed by atoms with E-state index in [1.54, 1.807) is 0 Å².